The monoisotopic (exact) mass is 331 g/mol. The Morgan fingerprint density at radius 1 is 1.33 bits per heavy atom. The number of nitrogens with zero attached hydrogens (tertiary/aromatic N) is 1. The Morgan fingerprint density at radius 3 is 2.81 bits per heavy atom. The van der Waals surface area contributed by atoms with Crippen molar-refractivity contribution >= 4 is 27.3 Å². The van der Waals surface area contributed by atoms with E-state index < -0.39 is 16.0 Å². The first-order valence-corrected chi connectivity index (χ1v) is 9.22. The molecule has 1 saturated carbocycles. The Labute approximate surface area is 127 Å². The van der Waals surface area contributed by atoms with E-state index in [4.69, 9.17) is 9.84 Å². The molecule has 21 heavy (non-hydrogen) atoms. The molecule has 0 aromatic carbocycles. The van der Waals surface area contributed by atoms with Crippen LogP contribution in [0.3, 0.4) is 0 Å². The Balaban J connectivity index is 1.90. The van der Waals surface area contributed by atoms with Crippen molar-refractivity contribution in [2.45, 2.75) is 42.0 Å². The normalized spacial score (nSPS) is 27.2. The van der Waals surface area contributed by atoms with Crippen molar-refractivity contribution < 1.29 is 23.1 Å². The Kier molecular flexibility index (Phi) is 4.04. The maximum absolute atomic E-state index is 12.8. The van der Waals surface area contributed by atoms with Gasteiger partial charge in [0, 0.05) is 6.54 Å². The van der Waals surface area contributed by atoms with Gasteiger partial charge in [-0.2, -0.15) is 4.31 Å². The number of carboxylic acids is 1. The van der Waals surface area contributed by atoms with E-state index in [2.05, 4.69) is 0 Å². The highest BCUT2D eigenvalue weighted by Crippen LogP contribution is 2.34. The summed E-state index contributed by atoms with van der Waals surface area (Å²) in [5.74, 6) is -1.10. The van der Waals surface area contributed by atoms with Gasteiger partial charge in [-0.15, -0.1) is 11.3 Å². The third-order valence-corrected chi connectivity index (χ3v) is 7.50. The summed E-state index contributed by atoms with van der Waals surface area (Å²) < 4.78 is 32.8. The number of thiophene rings is 1. The van der Waals surface area contributed by atoms with Crippen molar-refractivity contribution in [2.75, 3.05) is 13.2 Å². The van der Waals surface area contributed by atoms with Gasteiger partial charge in [0.1, 0.15) is 9.09 Å². The molecular formula is C13H17NO5S2. The van der Waals surface area contributed by atoms with Gasteiger partial charge in [-0.1, -0.05) is 12.8 Å². The largest absolute Gasteiger partial charge is 0.477 e. The first kappa shape index (κ1) is 15.0. The SMILES string of the molecule is O=C(O)c1ccc(S(=O)(=O)N2CCOC3CCCCC32)s1. The molecule has 116 valence electrons. The molecular weight excluding hydrogens is 314 g/mol. The number of sulfonamides is 1. The van der Waals surface area contributed by atoms with Crippen molar-refractivity contribution in [1.29, 1.82) is 0 Å². The van der Waals surface area contributed by atoms with Gasteiger partial charge in [0.2, 0.25) is 0 Å². The molecule has 1 aliphatic carbocycles. The zero-order valence-corrected chi connectivity index (χ0v) is 13.0. The van der Waals surface area contributed by atoms with Gasteiger partial charge in [-0.25, -0.2) is 13.2 Å². The smallest absolute Gasteiger partial charge is 0.345 e. The van der Waals surface area contributed by atoms with Gasteiger partial charge in [-0.05, 0) is 25.0 Å². The van der Waals surface area contributed by atoms with Crippen molar-refractivity contribution in [3.05, 3.63) is 17.0 Å². The molecule has 6 nitrogen and oxygen atoms in total. The van der Waals surface area contributed by atoms with Crippen molar-refractivity contribution in [3.63, 3.8) is 0 Å². The second kappa shape index (κ2) is 5.68. The summed E-state index contributed by atoms with van der Waals surface area (Å²) in [6.45, 7) is 0.737. The van der Waals surface area contributed by atoms with Gasteiger partial charge in [0.15, 0.2) is 0 Å². The summed E-state index contributed by atoms with van der Waals surface area (Å²) in [5, 5.41) is 8.94. The molecule has 0 radical (unpaired) electrons. The van der Waals surface area contributed by atoms with Crippen LogP contribution in [0.25, 0.3) is 0 Å². The number of fused-ring (bicyclic) bond motifs is 1. The molecule has 2 aliphatic rings. The van der Waals surface area contributed by atoms with Crippen LogP contribution in [-0.4, -0.2) is 49.1 Å². The molecule has 2 atom stereocenters. The van der Waals surface area contributed by atoms with E-state index in [-0.39, 0.29) is 21.2 Å². The highest BCUT2D eigenvalue weighted by Gasteiger charge is 2.41. The summed E-state index contributed by atoms with van der Waals surface area (Å²) in [7, 11) is -3.64. The number of rotatable bonds is 3. The van der Waals surface area contributed by atoms with Crippen molar-refractivity contribution in [3.8, 4) is 0 Å². The third-order valence-electron chi connectivity index (χ3n) is 4.04. The highest BCUT2D eigenvalue weighted by atomic mass is 32.2. The average molecular weight is 331 g/mol. The molecule has 1 aromatic rings. The number of aromatic carboxylic acids is 1. The van der Waals surface area contributed by atoms with E-state index >= 15 is 0 Å². The van der Waals surface area contributed by atoms with Crippen LogP contribution in [0.15, 0.2) is 16.3 Å². The van der Waals surface area contributed by atoms with Gasteiger partial charge >= 0.3 is 5.97 Å². The summed E-state index contributed by atoms with van der Waals surface area (Å²) >= 11 is 0.811. The van der Waals surface area contributed by atoms with Crippen molar-refractivity contribution in [1.82, 2.24) is 4.31 Å². The summed E-state index contributed by atoms with van der Waals surface area (Å²) in [6.07, 6.45) is 3.74. The van der Waals surface area contributed by atoms with E-state index in [0.717, 1.165) is 37.0 Å². The minimum absolute atomic E-state index is 0.0267. The number of ether oxygens (including phenoxy) is 1. The fourth-order valence-electron chi connectivity index (χ4n) is 3.05. The van der Waals surface area contributed by atoms with Gasteiger partial charge < -0.3 is 9.84 Å². The molecule has 2 unspecified atom stereocenters. The Morgan fingerprint density at radius 2 is 2.10 bits per heavy atom. The lowest BCUT2D eigenvalue weighted by atomic mass is 9.91. The lowest BCUT2D eigenvalue weighted by molar-refractivity contribution is -0.0585. The summed E-state index contributed by atoms with van der Waals surface area (Å²) in [6, 6.07) is 2.61. The molecule has 2 heterocycles. The molecule has 1 saturated heterocycles. The third kappa shape index (κ3) is 2.73. The van der Waals surface area contributed by atoms with Crippen molar-refractivity contribution in [2.24, 2.45) is 0 Å². The van der Waals surface area contributed by atoms with E-state index in [9.17, 15) is 13.2 Å². The molecule has 1 aromatic heterocycles. The lowest BCUT2D eigenvalue weighted by Gasteiger charge is -2.42. The van der Waals surface area contributed by atoms with Gasteiger partial charge in [-0.3, -0.25) is 0 Å². The molecule has 3 rings (SSSR count). The second-order valence-electron chi connectivity index (χ2n) is 5.30. The maximum Gasteiger partial charge on any atom is 0.345 e. The van der Waals surface area contributed by atoms with E-state index in [1.54, 1.807) is 0 Å². The van der Waals surface area contributed by atoms with Crippen LogP contribution >= 0.6 is 11.3 Å². The first-order valence-electron chi connectivity index (χ1n) is 6.97. The van der Waals surface area contributed by atoms with Crippen LogP contribution in [0.1, 0.15) is 35.4 Å². The number of morpholine rings is 1. The Bertz CT molecular complexity index is 637. The molecule has 2 fully saturated rings. The van der Waals surface area contributed by atoms with E-state index in [0.29, 0.717) is 13.2 Å². The predicted molar refractivity (Wildman–Crippen MR) is 77.2 cm³/mol. The summed E-state index contributed by atoms with van der Waals surface area (Å²) in [5.41, 5.74) is 0. The molecule has 1 N–H and O–H groups in total. The minimum Gasteiger partial charge on any atom is -0.477 e. The topological polar surface area (TPSA) is 83.9 Å². The fraction of sp³-hybridized carbons (Fsp3) is 0.615. The zero-order chi connectivity index (χ0) is 15.0. The standard InChI is InChI=1S/C13H17NO5S2/c15-13(16)11-5-6-12(20-11)21(17,18)14-7-8-19-10-4-2-1-3-9(10)14/h5-6,9-10H,1-4,7-8H2,(H,15,16). The van der Waals surface area contributed by atoms with Crippen LogP contribution in [0, 0.1) is 0 Å². The maximum atomic E-state index is 12.8. The zero-order valence-electron chi connectivity index (χ0n) is 11.4. The number of carboxylic acid groups (broad SMARTS) is 1. The second-order valence-corrected chi connectivity index (χ2v) is 8.50. The van der Waals surface area contributed by atoms with E-state index in [1.807, 2.05) is 0 Å². The molecule has 0 bridgehead atoms. The fourth-order valence-corrected chi connectivity index (χ4v) is 5.99. The lowest BCUT2D eigenvalue weighted by Crippen LogP contribution is -2.54. The summed E-state index contributed by atoms with van der Waals surface area (Å²) in [4.78, 5) is 11.0. The number of carbonyl (C=O) groups is 1. The van der Waals surface area contributed by atoms with Crippen LogP contribution in [0.5, 0.6) is 0 Å². The van der Waals surface area contributed by atoms with Gasteiger partial charge in [0.05, 0.1) is 18.8 Å². The van der Waals surface area contributed by atoms with E-state index in [1.165, 1.54) is 16.4 Å². The Hall–Kier alpha value is -0.960. The highest BCUT2D eigenvalue weighted by molar-refractivity contribution is 7.91. The average Bonchev–Trinajstić information content (AvgIpc) is 2.97. The van der Waals surface area contributed by atoms with Gasteiger partial charge in [0.25, 0.3) is 10.0 Å². The predicted octanol–water partition coefficient (Wildman–Crippen LogP) is 1.78. The number of hydrogen-bond acceptors (Lipinski definition) is 5. The molecule has 1 aliphatic heterocycles. The van der Waals surface area contributed by atoms with Crippen LogP contribution in [0.4, 0.5) is 0 Å². The number of hydrogen-bond donors (Lipinski definition) is 1. The molecule has 8 heteroatoms. The molecule has 0 spiro atoms. The first-order chi connectivity index (χ1) is 10.00. The van der Waals surface area contributed by atoms with Crippen LogP contribution in [0.2, 0.25) is 0 Å². The minimum atomic E-state index is -3.64. The molecule has 0 amide bonds. The van der Waals surface area contributed by atoms with Crippen LogP contribution < -0.4 is 0 Å². The van der Waals surface area contributed by atoms with Crippen LogP contribution in [-0.2, 0) is 14.8 Å². The quantitative estimate of drug-likeness (QED) is 0.913.